The number of nitrogens with one attached hydrogen (secondary N) is 1. The van der Waals surface area contributed by atoms with Crippen LogP contribution in [0.25, 0.3) is 10.4 Å². The first-order chi connectivity index (χ1) is 12.7. The van der Waals surface area contributed by atoms with Gasteiger partial charge < -0.3 is 10.2 Å². The number of pyridine rings is 1. The smallest absolute Gasteiger partial charge is 0.265 e. The monoisotopic (exact) mass is 367 g/mol. The Balaban J connectivity index is 1.46. The highest BCUT2D eigenvalue weighted by Crippen LogP contribution is 2.30. The number of nitrogens with zero attached hydrogens (tertiary/aromatic N) is 2. The molecule has 3 aromatic rings. The Labute approximate surface area is 155 Å². The second-order valence-corrected chi connectivity index (χ2v) is 7.28. The Morgan fingerprint density at radius 1 is 1.08 bits per heavy atom. The number of benzene rings is 1. The van der Waals surface area contributed by atoms with Gasteiger partial charge in [0, 0.05) is 23.5 Å². The molecule has 6 heteroatoms. The summed E-state index contributed by atoms with van der Waals surface area (Å²) in [6.45, 7) is 2.07. The van der Waals surface area contributed by atoms with Gasteiger partial charge in [-0.2, -0.15) is 0 Å². The van der Waals surface area contributed by atoms with Crippen LogP contribution < -0.4 is 10.2 Å². The number of carbonyl (C=O) groups excluding carboxylic acids is 1. The molecule has 1 amide bonds. The number of amides is 1. The number of hydrogen-bond acceptors (Lipinski definition) is 4. The summed E-state index contributed by atoms with van der Waals surface area (Å²) in [5.74, 6) is 0.440. The normalized spacial score (nSPS) is 13.8. The fourth-order valence-electron chi connectivity index (χ4n) is 3.05. The van der Waals surface area contributed by atoms with E-state index in [1.54, 1.807) is 36.5 Å². The van der Waals surface area contributed by atoms with Crippen molar-refractivity contribution in [2.24, 2.45) is 0 Å². The van der Waals surface area contributed by atoms with Gasteiger partial charge in [-0.1, -0.05) is 18.2 Å². The molecule has 0 radical (unpaired) electrons. The minimum Gasteiger partial charge on any atom is -0.357 e. The van der Waals surface area contributed by atoms with Crippen molar-refractivity contribution < 1.29 is 9.18 Å². The van der Waals surface area contributed by atoms with Crippen LogP contribution >= 0.6 is 11.3 Å². The topological polar surface area (TPSA) is 45.2 Å². The summed E-state index contributed by atoms with van der Waals surface area (Å²) < 4.78 is 13.9. The maximum atomic E-state index is 13.9. The van der Waals surface area contributed by atoms with E-state index in [1.165, 1.54) is 30.2 Å². The largest absolute Gasteiger partial charge is 0.357 e. The van der Waals surface area contributed by atoms with Gasteiger partial charge in [0.2, 0.25) is 0 Å². The minimum absolute atomic E-state index is 0.215. The van der Waals surface area contributed by atoms with Crippen LogP contribution in [0.2, 0.25) is 0 Å². The number of aromatic nitrogens is 1. The average molecular weight is 367 g/mol. The lowest BCUT2D eigenvalue weighted by molar-refractivity contribution is 0.103. The third-order valence-electron chi connectivity index (χ3n) is 4.40. The van der Waals surface area contributed by atoms with E-state index in [9.17, 15) is 9.18 Å². The quantitative estimate of drug-likeness (QED) is 0.720. The van der Waals surface area contributed by atoms with Gasteiger partial charge >= 0.3 is 0 Å². The Morgan fingerprint density at radius 3 is 2.62 bits per heavy atom. The molecule has 1 aromatic carbocycles. The predicted octanol–water partition coefficient (Wildman–Crippen LogP) is 4.80. The lowest BCUT2D eigenvalue weighted by atomic mass is 10.2. The molecule has 132 valence electrons. The molecular weight excluding hydrogens is 349 g/mol. The van der Waals surface area contributed by atoms with E-state index in [1.807, 2.05) is 12.1 Å². The van der Waals surface area contributed by atoms with E-state index >= 15 is 0 Å². The summed E-state index contributed by atoms with van der Waals surface area (Å²) in [5, 5.41) is 2.85. The summed E-state index contributed by atoms with van der Waals surface area (Å²) >= 11 is 1.27. The lowest BCUT2D eigenvalue weighted by Crippen LogP contribution is -2.19. The molecule has 0 unspecified atom stereocenters. The van der Waals surface area contributed by atoms with Gasteiger partial charge in [-0.25, -0.2) is 9.37 Å². The maximum absolute atomic E-state index is 13.9. The summed E-state index contributed by atoms with van der Waals surface area (Å²) in [6.07, 6.45) is 4.07. The van der Waals surface area contributed by atoms with Crippen molar-refractivity contribution in [3.8, 4) is 10.4 Å². The van der Waals surface area contributed by atoms with Crippen LogP contribution in [0.3, 0.4) is 0 Å². The molecule has 4 rings (SSSR count). The van der Waals surface area contributed by atoms with Gasteiger partial charge in [0.05, 0.1) is 16.8 Å². The van der Waals surface area contributed by atoms with E-state index in [0.717, 1.165) is 23.8 Å². The van der Waals surface area contributed by atoms with Crippen LogP contribution in [0, 0.1) is 5.82 Å². The maximum Gasteiger partial charge on any atom is 0.265 e. The fourth-order valence-corrected chi connectivity index (χ4v) is 3.98. The summed E-state index contributed by atoms with van der Waals surface area (Å²) in [7, 11) is 0. The zero-order valence-electron chi connectivity index (χ0n) is 14.1. The predicted molar refractivity (Wildman–Crippen MR) is 103 cm³/mol. The summed E-state index contributed by atoms with van der Waals surface area (Å²) in [5.41, 5.74) is 1.16. The van der Waals surface area contributed by atoms with Crippen LogP contribution in [-0.4, -0.2) is 24.0 Å². The second-order valence-electron chi connectivity index (χ2n) is 6.20. The number of thiophene rings is 1. The lowest BCUT2D eigenvalue weighted by Gasteiger charge is -2.16. The van der Waals surface area contributed by atoms with Crippen LogP contribution in [0.1, 0.15) is 22.5 Å². The molecule has 0 atom stereocenters. The molecule has 0 spiro atoms. The van der Waals surface area contributed by atoms with E-state index < -0.39 is 0 Å². The summed E-state index contributed by atoms with van der Waals surface area (Å²) in [4.78, 5) is 20.4. The molecule has 2 aromatic heterocycles. The van der Waals surface area contributed by atoms with Crippen LogP contribution in [-0.2, 0) is 0 Å². The van der Waals surface area contributed by atoms with Crippen LogP contribution in [0.4, 0.5) is 15.9 Å². The number of anilines is 2. The highest BCUT2D eigenvalue weighted by Gasteiger charge is 2.15. The van der Waals surface area contributed by atoms with Gasteiger partial charge in [0.25, 0.3) is 5.91 Å². The first-order valence-electron chi connectivity index (χ1n) is 8.58. The minimum atomic E-state index is -0.289. The van der Waals surface area contributed by atoms with E-state index in [2.05, 4.69) is 15.2 Å². The van der Waals surface area contributed by atoms with E-state index in [0.29, 0.717) is 16.1 Å². The Bertz CT molecular complexity index is 917. The SMILES string of the molecule is O=C(Nc1ccc(N2CCCC2)nc1)c1ccc(-c2ccccc2F)s1. The van der Waals surface area contributed by atoms with Crippen LogP contribution in [0.5, 0.6) is 0 Å². The Morgan fingerprint density at radius 2 is 1.88 bits per heavy atom. The molecule has 1 fully saturated rings. The number of halogens is 1. The molecule has 0 bridgehead atoms. The van der Waals surface area contributed by atoms with Crippen molar-refractivity contribution in [3.05, 3.63) is 65.4 Å². The van der Waals surface area contributed by atoms with Crippen molar-refractivity contribution in [3.63, 3.8) is 0 Å². The van der Waals surface area contributed by atoms with Crippen molar-refractivity contribution >= 4 is 28.7 Å². The van der Waals surface area contributed by atoms with Crippen LogP contribution in [0.15, 0.2) is 54.7 Å². The third kappa shape index (κ3) is 3.46. The van der Waals surface area contributed by atoms with Gasteiger partial charge in [-0.15, -0.1) is 11.3 Å². The third-order valence-corrected chi connectivity index (χ3v) is 5.52. The van der Waals surface area contributed by atoms with E-state index in [4.69, 9.17) is 0 Å². The number of carbonyl (C=O) groups is 1. The molecular formula is C20H18FN3OS. The molecule has 1 saturated heterocycles. The molecule has 3 heterocycles. The zero-order chi connectivity index (χ0) is 17.9. The van der Waals surface area contributed by atoms with Gasteiger partial charge in [-0.3, -0.25) is 4.79 Å². The highest BCUT2D eigenvalue weighted by molar-refractivity contribution is 7.17. The standard InChI is InChI=1S/C20H18FN3OS/c21-16-6-2-1-5-15(16)17-8-9-18(26-17)20(25)23-14-7-10-19(22-13-14)24-11-3-4-12-24/h1-2,5-10,13H,3-4,11-12H2,(H,23,25). The zero-order valence-corrected chi connectivity index (χ0v) is 14.9. The molecule has 0 saturated carbocycles. The van der Waals surface area contributed by atoms with Crippen molar-refractivity contribution in [1.82, 2.24) is 4.98 Å². The second kappa shape index (κ2) is 7.25. The molecule has 1 aliphatic heterocycles. The Hall–Kier alpha value is -2.73. The molecule has 4 nitrogen and oxygen atoms in total. The van der Waals surface area contributed by atoms with Crippen molar-refractivity contribution in [1.29, 1.82) is 0 Å². The van der Waals surface area contributed by atoms with Crippen molar-refractivity contribution in [2.75, 3.05) is 23.3 Å². The van der Waals surface area contributed by atoms with Crippen molar-refractivity contribution in [2.45, 2.75) is 12.8 Å². The average Bonchev–Trinajstić information content (AvgIpc) is 3.35. The van der Waals surface area contributed by atoms with Gasteiger partial charge in [-0.05, 0) is 43.2 Å². The molecule has 1 aliphatic rings. The summed E-state index contributed by atoms with van der Waals surface area (Å²) in [6, 6.07) is 13.8. The van der Waals surface area contributed by atoms with Gasteiger partial charge in [0.1, 0.15) is 11.6 Å². The highest BCUT2D eigenvalue weighted by atomic mass is 32.1. The van der Waals surface area contributed by atoms with Gasteiger partial charge in [0.15, 0.2) is 0 Å². The molecule has 1 N–H and O–H groups in total. The number of hydrogen-bond donors (Lipinski definition) is 1. The van der Waals surface area contributed by atoms with E-state index in [-0.39, 0.29) is 11.7 Å². The first kappa shape index (κ1) is 16.7. The molecule has 0 aliphatic carbocycles. The number of rotatable bonds is 4. The fraction of sp³-hybridized carbons (Fsp3) is 0.200. The first-order valence-corrected chi connectivity index (χ1v) is 9.39. The Kier molecular flexibility index (Phi) is 4.67. The molecule has 26 heavy (non-hydrogen) atoms.